The Bertz CT molecular complexity index is 835. The minimum Gasteiger partial charge on any atom is -0.207 e. The van der Waals surface area contributed by atoms with Crippen LogP contribution in [0.15, 0.2) is 59.5 Å². The molecule has 1 aliphatic rings. The molecule has 0 aliphatic heterocycles. The van der Waals surface area contributed by atoms with Crippen molar-refractivity contribution in [2.75, 3.05) is 0 Å². The summed E-state index contributed by atoms with van der Waals surface area (Å²) >= 11 is 0. The van der Waals surface area contributed by atoms with E-state index in [9.17, 15) is 8.42 Å². The average molecular weight is 340 g/mol. The van der Waals surface area contributed by atoms with Gasteiger partial charge in [-0.05, 0) is 55.5 Å². The zero-order valence-electron chi connectivity index (χ0n) is 13.6. The lowest BCUT2D eigenvalue weighted by atomic mass is 10.2. The molecule has 0 spiro atoms. The SMILES string of the molecule is CC(C1CC1)N(Cc1ccccc1)S(=O)(=O)c1ccc(C#N)cc1. The molecule has 124 valence electrons. The Labute approximate surface area is 143 Å². The highest BCUT2D eigenvalue weighted by atomic mass is 32.2. The van der Waals surface area contributed by atoms with Gasteiger partial charge >= 0.3 is 0 Å². The number of benzene rings is 2. The Morgan fingerprint density at radius 1 is 1.12 bits per heavy atom. The summed E-state index contributed by atoms with van der Waals surface area (Å²) in [5.41, 5.74) is 1.43. The molecule has 0 amide bonds. The van der Waals surface area contributed by atoms with E-state index in [-0.39, 0.29) is 10.9 Å². The molecule has 0 radical (unpaired) electrons. The predicted octanol–water partition coefficient (Wildman–Crippen LogP) is 3.55. The van der Waals surface area contributed by atoms with Crippen LogP contribution in [0.4, 0.5) is 0 Å². The summed E-state index contributed by atoms with van der Waals surface area (Å²) in [6.07, 6.45) is 2.16. The minimum absolute atomic E-state index is 0.0363. The summed E-state index contributed by atoms with van der Waals surface area (Å²) in [5, 5.41) is 8.89. The Kier molecular flexibility index (Phi) is 4.70. The Balaban J connectivity index is 1.94. The number of rotatable bonds is 6. The third-order valence-corrected chi connectivity index (χ3v) is 6.48. The van der Waals surface area contributed by atoms with Crippen molar-refractivity contribution in [3.05, 3.63) is 65.7 Å². The molecule has 2 aromatic rings. The summed E-state index contributed by atoms with van der Waals surface area (Å²) in [6, 6.07) is 17.8. The molecule has 0 saturated heterocycles. The molecule has 1 fully saturated rings. The van der Waals surface area contributed by atoms with Crippen molar-refractivity contribution < 1.29 is 8.42 Å². The van der Waals surface area contributed by atoms with Crippen LogP contribution in [0.5, 0.6) is 0 Å². The van der Waals surface area contributed by atoms with Gasteiger partial charge in [-0.3, -0.25) is 0 Å². The normalized spacial score (nSPS) is 15.9. The second kappa shape index (κ2) is 6.76. The molecule has 0 N–H and O–H groups in total. The highest BCUT2D eigenvalue weighted by Crippen LogP contribution is 2.37. The number of nitrogens with zero attached hydrogens (tertiary/aromatic N) is 2. The van der Waals surface area contributed by atoms with Crippen molar-refractivity contribution in [3.8, 4) is 6.07 Å². The molecule has 3 rings (SSSR count). The molecule has 4 nitrogen and oxygen atoms in total. The van der Waals surface area contributed by atoms with Crippen molar-refractivity contribution in [1.82, 2.24) is 4.31 Å². The van der Waals surface area contributed by atoms with Crippen LogP contribution >= 0.6 is 0 Å². The van der Waals surface area contributed by atoms with Crippen LogP contribution in [0, 0.1) is 17.2 Å². The van der Waals surface area contributed by atoms with Crippen LogP contribution in [0.2, 0.25) is 0 Å². The summed E-state index contributed by atoms with van der Waals surface area (Å²) in [6.45, 7) is 2.35. The summed E-state index contributed by atoms with van der Waals surface area (Å²) < 4.78 is 27.9. The summed E-state index contributed by atoms with van der Waals surface area (Å²) in [5.74, 6) is 0.432. The highest BCUT2D eigenvalue weighted by molar-refractivity contribution is 7.89. The Morgan fingerprint density at radius 2 is 1.75 bits per heavy atom. The predicted molar refractivity (Wildman–Crippen MR) is 92.5 cm³/mol. The second-order valence-corrected chi connectivity index (χ2v) is 8.14. The number of nitriles is 1. The van der Waals surface area contributed by atoms with E-state index < -0.39 is 10.0 Å². The molecular formula is C19H20N2O2S. The Morgan fingerprint density at radius 3 is 2.29 bits per heavy atom. The molecule has 1 unspecified atom stereocenters. The number of sulfonamides is 1. The quantitative estimate of drug-likeness (QED) is 0.808. The smallest absolute Gasteiger partial charge is 0.207 e. The van der Waals surface area contributed by atoms with Crippen molar-refractivity contribution >= 4 is 10.0 Å². The molecule has 0 bridgehead atoms. The van der Waals surface area contributed by atoms with Crippen molar-refractivity contribution in [1.29, 1.82) is 5.26 Å². The lowest BCUT2D eigenvalue weighted by Crippen LogP contribution is -2.39. The molecule has 24 heavy (non-hydrogen) atoms. The van der Waals surface area contributed by atoms with Crippen LogP contribution in [0.3, 0.4) is 0 Å². The summed E-state index contributed by atoms with van der Waals surface area (Å²) in [7, 11) is -3.60. The largest absolute Gasteiger partial charge is 0.243 e. The van der Waals surface area contributed by atoms with Gasteiger partial charge in [-0.2, -0.15) is 9.57 Å². The van der Waals surface area contributed by atoms with Gasteiger partial charge in [-0.15, -0.1) is 0 Å². The molecule has 5 heteroatoms. The molecule has 2 aromatic carbocycles. The van der Waals surface area contributed by atoms with Gasteiger partial charge in [0.15, 0.2) is 0 Å². The van der Waals surface area contributed by atoms with Gasteiger partial charge in [0, 0.05) is 12.6 Å². The van der Waals surface area contributed by atoms with Crippen molar-refractivity contribution in [2.24, 2.45) is 5.92 Å². The molecule has 0 heterocycles. The first-order valence-corrected chi connectivity index (χ1v) is 9.52. The lowest BCUT2D eigenvalue weighted by molar-refractivity contribution is 0.303. The zero-order chi connectivity index (χ0) is 17.2. The maximum absolute atomic E-state index is 13.2. The van der Waals surface area contributed by atoms with Gasteiger partial charge in [0.2, 0.25) is 10.0 Å². The van der Waals surface area contributed by atoms with E-state index >= 15 is 0 Å². The van der Waals surface area contributed by atoms with Gasteiger partial charge in [0.1, 0.15) is 0 Å². The minimum atomic E-state index is -3.60. The van der Waals surface area contributed by atoms with E-state index in [4.69, 9.17) is 5.26 Å². The fraction of sp³-hybridized carbons (Fsp3) is 0.316. The zero-order valence-corrected chi connectivity index (χ0v) is 14.4. The monoisotopic (exact) mass is 340 g/mol. The van der Waals surface area contributed by atoms with Crippen LogP contribution < -0.4 is 0 Å². The highest BCUT2D eigenvalue weighted by Gasteiger charge is 2.38. The van der Waals surface area contributed by atoms with E-state index in [1.807, 2.05) is 43.3 Å². The van der Waals surface area contributed by atoms with Gasteiger partial charge in [0.25, 0.3) is 0 Å². The maximum Gasteiger partial charge on any atom is 0.243 e. The van der Waals surface area contributed by atoms with Gasteiger partial charge in [0.05, 0.1) is 16.5 Å². The van der Waals surface area contributed by atoms with E-state index in [0.717, 1.165) is 18.4 Å². The van der Waals surface area contributed by atoms with Crippen molar-refractivity contribution in [2.45, 2.75) is 37.2 Å². The van der Waals surface area contributed by atoms with Crippen LogP contribution in [0.25, 0.3) is 0 Å². The average Bonchev–Trinajstić information content (AvgIpc) is 3.45. The first-order valence-electron chi connectivity index (χ1n) is 8.08. The third kappa shape index (κ3) is 3.50. The fourth-order valence-corrected chi connectivity index (χ4v) is 4.54. The maximum atomic E-state index is 13.2. The second-order valence-electron chi connectivity index (χ2n) is 6.25. The van der Waals surface area contributed by atoms with Crippen molar-refractivity contribution in [3.63, 3.8) is 0 Å². The van der Waals surface area contributed by atoms with Crippen LogP contribution in [-0.4, -0.2) is 18.8 Å². The Hall–Kier alpha value is -2.16. The number of hydrogen-bond acceptors (Lipinski definition) is 3. The molecule has 1 saturated carbocycles. The molecule has 1 aliphatic carbocycles. The molecule has 0 aromatic heterocycles. The molecule has 1 atom stereocenters. The topological polar surface area (TPSA) is 61.2 Å². The molecular weight excluding hydrogens is 320 g/mol. The van der Waals surface area contributed by atoms with Crippen LogP contribution in [0.1, 0.15) is 30.9 Å². The van der Waals surface area contributed by atoms with Gasteiger partial charge < -0.3 is 0 Å². The van der Waals surface area contributed by atoms with Gasteiger partial charge in [-0.25, -0.2) is 8.42 Å². The van der Waals surface area contributed by atoms with E-state index in [1.165, 1.54) is 12.1 Å². The van der Waals surface area contributed by atoms with E-state index in [0.29, 0.717) is 18.0 Å². The first kappa shape index (κ1) is 16.7. The summed E-state index contributed by atoms with van der Waals surface area (Å²) in [4.78, 5) is 0.241. The van der Waals surface area contributed by atoms with Crippen LogP contribution in [-0.2, 0) is 16.6 Å². The lowest BCUT2D eigenvalue weighted by Gasteiger charge is -2.28. The van der Waals surface area contributed by atoms with E-state index in [1.54, 1.807) is 16.4 Å². The van der Waals surface area contributed by atoms with Gasteiger partial charge in [-0.1, -0.05) is 30.3 Å². The van der Waals surface area contributed by atoms with E-state index in [2.05, 4.69) is 0 Å². The fourth-order valence-electron chi connectivity index (χ4n) is 2.86. The number of hydrogen-bond donors (Lipinski definition) is 0. The third-order valence-electron chi connectivity index (χ3n) is 4.53. The first-order chi connectivity index (χ1) is 11.5. The standard InChI is InChI=1S/C19H20N2O2S/c1-15(18-9-10-18)21(14-17-5-3-2-4-6-17)24(22,23)19-11-7-16(13-20)8-12-19/h2-8,11-12,15,18H,9-10,14H2,1H3.